The molecule has 1 heterocycles. The molecule has 2 rings (SSSR count). The number of nitrogens with zero attached hydrogens (tertiary/aromatic N) is 2. The molecule has 0 aliphatic carbocycles. The van der Waals surface area contributed by atoms with Gasteiger partial charge in [0.1, 0.15) is 5.82 Å². The third-order valence-corrected chi connectivity index (χ3v) is 2.80. The van der Waals surface area contributed by atoms with Crippen molar-refractivity contribution in [2.75, 3.05) is 6.61 Å². The van der Waals surface area contributed by atoms with Gasteiger partial charge in [-0.15, -0.1) is 0 Å². The Morgan fingerprint density at radius 3 is 2.62 bits per heavy atom. The third kappa shape index (κ3) is 2.15. The van der Waals surface area contributed by atoms with Crippen LogP contribution < -0.4 is 0 Å². The molecule has 0 aliphatic heterocycles. The summed E-state index contributed by atoms with van der Waals surface area (Å²) in [7, 11) is 0. The predicted molar refractivity (Wildman–Crippen MR) is 62.4 cm³/mol. The number of aliphatic hydroxyl groups is 1. The number of hydrogen-bond acceptors (Lipinski definition) is 2. The van der Waals surface area contributed by atoms with Gasteiger partial charge in [0.25, 0.3) is 0 Å². The van der Waals surface area contributed by atoms with Crippen LogP contribution in [-0.4, -0.2) is 21.5 Å². The van der Waals surface area contributed by atoms with Crippen molar-refractivity contribution in [3.8, 4) is 11.3 Å². The Balaban J connectivity index is 2.45. The maximum atomic E-state index is 12.8. The molecule has 5 heteroatoms. The molecule has 1 aromatic carbocycles. The number of rotatable bonds is 3. The molecule has 0 saturated heterocycles. The number of hydrogen-bond donors (Lipinski definition) is 1. The summed E-state index contributed by atoms with van der Waals surface area (Å²) in [5, 5.41) is 13.0. The molecule has 1 aromatic heterocycles. The van der Waals surface area contributed by atoms with Gasteiger partial charge in [-0.2, -0.15) is 5.10 Å². The molecule has 0 atom stereocenters. The first-order chi connectivity index (χ1) is 7.72. The average Bonchev–Trinajstić information content (AvgIpc) is 2.62. The van der Waals surface area contributed by atoms with E-state index in [4.69, 9.17) is 5.11 Å². The van der Waals surface area contributed by atoms with Gasteiger partial charge in [0.05, 0.1) is 29.5 Å². The number of aliphatic hydroxyl groups excluding tert-OH is 1. The van der Waals surface area contributed by atoms with Crippen LogP contribution >= 0.6 is 15.9 Å². The predicted octanol–water partition coefficient (Wildman–Crippen LogP) is 2.44. The molecule has 3 nitrogen and oxygen atoms in total. The van der Waals surface area contributed by atoms with Crippen LogP contribution in [0.4, 0.5) is 4.39 Å². The van der Waals surface area contributed by atoms with Crippen molar-refractivity contribution in [3.05, 3.63) is 40.8 Å². The Hall–Kier alpha value is -1.20. The number of halogens is 2. The van der Waals surface area contributed by atoms with E-state index < -0.39 is 0 Å². The lowest BCUT2D eigenvalue weighted by Gasteiger charge is -2.06. The van der Waals surface area contributed by atoms with Crippen molar-refractivity contribution in [1.82, 2.24) is 9.78 Å². The van der Waals surface area contributed by atoms with Gasteiger partial charge in [0.2, 0.25) is 0 Å². The second kappa shape index (κ2) is 4.76. The maximum absolute atomic E-state index is 12.8. The largest absolute Gasteiger partial charge is 0.394 e. The molecular weight excluding hydrogens is 275 g/mol. The van der Waals surface area contributed by atoms with Gasteiger partial charge in [0.15, 0.2) is 0 Å². The van der Waals surface area contributed by atoms with Crippen LogP contribution in [0, 0.1) is 5.82 Å². The van der Waals surface area contributed by atoms with Gasteiger partial charge in [0, 0.05) is 5.56 Å². The number of aromatic nitrogens is 2. The highest BCUT2D eigenvalue weighted by Gasteiger charge is 2.10. The third-order valence-electron chi connectivity index (χ3n) is 2.22. The molecule has 0 bridgehead atoms. The highest BCUT2D eigenvalue weighted by molar-refractivity contribution is 9.10. The highest BCUT2D eigenvalue weighted by atomic mass is 79.9. The molecule has 0 aliphatic rings. The van der Waals surface area contributed by atoms with Crippen molar-refractivity contribution in [2.24, 2.45) is 0 Å². The van der Waals surface area contributed by atoms with Crippen LogP contribution in [0.2, 0.25) is 0 Å². The minimum Gasteiger partial charge on any atom is -0.394 e. The molecule has 0 spiro atoms. The molecule has 16 heavy (non-hydrogen) atoms. The lowest BCUT2D eigenvalue weighted by molar-refractivity contribution is 0.270. The Morgan fingerprint density at radius 1 is 1.31 bits per heavy atom. The van der Waals surface area contributed by atoms with Crippen LogP contribution in [0.25, 0.3) is 11.3 Å². The maximum Gasteiger partial charge on any atom is 0.123 e. The Morgan fingerprint density at radius 2 is 2.00 bits per heavy atom. The van der Waals surface area contributed by atoms with Crippen molar-refractivity contribution in [1.29, 1.82) is 0 Å². The first-order valence-corrected chi connectivity index (χ1v) is 5.60. The van der Waals surface area contributed by atoms with E-state index in [1.54, 1.807) is 23.0 Å². The zero-order chi connectivity index (χ0) is 11.5. The smallest absolute Gasteiger partial charge is 0.123 e. The van der Waals surface area contributed by atoms with E-state index >= 15 is 0 Å². The second-order valence-corrected chi connectivity index (χ2v) is 4.15. The van der Waals surface area contributed by atoms with E-state index in [9.17, 15) is 4.39 Å². The highest BCUT2D eigenvalue weighted by Crippen LogP contribution is 2.27. The van der Waals surface area contributed by atoms with E-state index in [2.05, 4.69) is 21.0 Å². The summed E-state index contributed by atoms with van der Waals surface area (Å²) < 4.78 is 15.3. The molecule has 2 aromatic rings. The fraction of sp³-hybridized carbons (Fsp3) is 0.182. The minimum atomic E-state index is -0.270. The van der Waals surface area contributed by atoms with Gasteiger partial charge < -0.3 is 5.11 Å². The quantitative estimate of drug-likeness (QED) is 0.940. The Kier molecular flexibility index (Phi) is 3.36. The molecule has 0 fully saturated rings. The van der Waals surface area contributed by atoms with Crippen molar-refractivity contribution in [2.45, 2.75) is 6.54 Å². The topological polar surface area (TPSA) is 38.0 Å². The van der Waals surface area contributed by atoms with Gasteiger partial charge >= 0.3 is 0 Å². The van der Waals surface area contributed by atoms with Crippen LogP contribution in [0.15, 0.2) is 34.9 Å². The Bertz CT molecular complexity index is 481. The summed E-state index contributed by atoms with van der Waals surface area (Å²) in [4.78, 5) is 0. The van der Waals surface area contributed by atoms with Crippen LogP contribution in [0.5, 0.6) is 0 Å². The first kappa shape index (κ1) is 11.3. The summed E-state index contributed by atoms with van der Waals surface area (Å²) in [5.74, 6) is -0.270. The standard InChI is InChI=1S/C11H10BrFN2O/c12-10-7-14-15(5-6-16)11(10)8-1-3-9(13)4-2-8/h1-4,7,16H,5-6H2. The zero-order valence-corrected chi connectivity index (χ0v) is 9.98. The SMILES string of the molecule is OCCn1ncc(Br)c1-c1ccc(F)cc1. The van der Waals surface area contributed by atoms with Gasteiger partial charge in [-0.25, -0.2) is 4.39 Å². The summed E-state index contributed by atoms with van der Waals surface area (Å²) in [6.45, 7) is 0.431. The lowest BCUT2D eigenvalue weighted by atomic mass is 10.1. The van der Waals surface area contributed by atoms with Gasteiger partial charge in [-0.3, -0.25) is 4.68 Å². The minimum absolute atomic E-state index is 0.0162. The fourth-order valence-corrected chi connectivity index (χ4v) is 2.05. The molecule has 84 valence electrons. The average molecular weight is 285 g/mol. The summed E-state index contributed by atoms with van der Waals surface area (Å²) >= 11 is 3.38. The van der Waals surface area contributed by atoms with E-state index in [0.29, 0.717) is 6.54 Å². The molecule has 0 unspecified atom stereocenters. The van der Waals surface area contributed by atoms with Crippen molar-refractivity contribution >= 4 is 15.9 Å². The van der Waals surface area contributed by atoms with E-state index in [0.717, 1.165) is 15.7 Å². The van der Waals surface area contributed by atoms with Crippen LogP contribution in [0.1, 0.15) is 0 Å². The normalized spacial score (nSPS) is 10.7. The van der Waals surface area contributed by atoms with Crippen molar-refractivity contribution < 1.29 is 9.50 Å². The van der Waals surface area contributed by atoms with Crippen LogP contribution in [-0.2, 0) is 6.54 Å². The fourth-order valence-electron chi connectivity index (χ4n) is 1.52. The van der Waals surface area contributed by atoms with Crippen molar-refractivity contribution in [3.63, 3.8) is 0 Å². The van der Waals surface area contributed by atoms with Gasteiger partial charge in [-0.1, -0.05) is 0 Å². The van der Waals surface area contributed by atoms with E-state index in [1.165, 1.54) is 12.1 Å². The summed E-state index contributed by atoms with van der Waals surface area (Å²) in [6, 6.07) is 6.17. The first-order valence-electron chi connectivity index (χ1n) is 4.80. The zero-order valence-electron chi connectivity index (χ0n) is 8.40. The van der Waals surface area contributed by atoms with Gasteiger partial charge in [-0.05, 0) is 40.2 Å². The molecule has 1 N–H and O–H groups in total. The van der Waals surface area contributed by atoms with Crippen LogP contribution in [0.3, 0.4) is 0 Å². The van der Waals surface area contributed by atoms with E-state index in [-0.39, 0.29) is 12.4 Å². The summed E-state index contributed by atoms with van der Waals surface area (Å²) in [5.41, 5.74) is 1.70. The summed E-state index contributed by atoms with van der Waals surface area (Å²) in [6.07, 6.45) is 1.66. The molecule has 0 saturated carbocycles. The monoisotopic (exact) mass is 284 g/mol. The molecule has 0 radical (unpaired) electrons. The molecular formula is C11H10BrFN2O. The Labute approximate surface area is 101 Å². The second-order valence-electron chi connectivity index (χ2n) is 3.29. The number of benzene rings is 1. The lowest BCUT2D eigenvalue weighted by Crippen LogP contribution is -2.05. The van der Waals surface area contributed by atoms with E-state index in [1.807, 2.05) is 0 Å². The molecule has 0 amide bonds.